The molecule has 1 amide bonds. The smallest absolute Gasteiger partial charge is 0.418 e. The molecule has 0 bridgehead atoms. The Morgan fingerprint density at radius 3 is 2.89 bits per heavy atom. The van der Waals surface area contributed by atoms with E-state index in [-0.39, 0.29) is 29.4 Å². The summed E-state index contributed by atoms with van der Waals surface area (Å²) in [6.45, 7) is 0.279. The monoisotopic (exact) mass is 482 g/mol. The van der Waals surface area contributed by atoms with Crippen LogP contribution in [0.2, 0.25) is 0 Å². The Hall–Kier alpha value is -4.42. The molecule has 1 unspecified atom stereocenters. The van der Waals surface area contributed by atoms with Gasteiger partial charge in [0.05, 0.1) is 46.8 Å². The molecule has 0 saturated carbocycles. The number of carbonyl (C=O) groups is 1. The van der Waals surface area contributed by atoms with Crippen molar-refractivity contribution in [1.82, 2.24) is 39.2 Å². The van der Waals surface area contributed by atoms with Crippen molar-refractivity contribution in [2.75, 3.05) is 6.54 Å². The number of aryl methyl sites for hydroxylation is 1. The first-order chi connectivity index (χ1) is 16.8. The molecule has 0 spiro atoms. The SMILES string of the molecule is Cn1cc(-c2ncc(C(=O)N3CCc4[nH]cnc4C3c3cc4c(C(F)(F)F)cccn4n3)o2)cn1. The molecule has 1 aliphatic rings. The number of H-pyrrole nitrogens is 1. The Labute approximate surface area is 195 Å². The first kappa shape index (κ1) is 21.1. The Bertz CT molecular complexity index is 1560. The lowest BCUT2D eigenvalue weighted by Gasteiger charge is -2.33. The Morgan fingerprint density at radius 2 is 2.11 bits per heavy atom. The summed E-state index contributed by atoms with van der Waals surface area (Å²) in [4.78, 5) is 26.6. The number of carbonyl (C=O) groups excluding carboxylic acids is 1. The number of nitrogens with one attached hydrogen (secondary N) is 1. The van der Waals surface area contributed by atoms with Crippen molar-refractivity contribution in [1.29, 1.82) is 0 Å². The van der Waals surface area contributed by atoms with Crippen molar-refractivity contribution in [3.8, 4) is 11.5 Å². The van der Waals surface area contributed by atoms with Gasteiger partial charge in [-0.15, -0.1) is 0 Å². The van der Waals surface area contributed by atoms with Gasteiger partial charge in [-0.25, -0.2) is 14.5 Å². The number of hydrogen-bond acceptors (Lipinski definition) is 6. The molecular weight excluding hydrogens is 465 g/mol. The molecule has 13 heteroatoms. The largest absolute Gasteiger partial charge is 0.431 e. The number of rotatable bonds is 3. The zero-order valence-corrected chi connectivity index (χ0v) is 18.2. The van der Waals surface area contributed by atoms with Gasteiger partial charge in [0, 0.05) is 38.1 Å². The van der Waals surface area contributed by atoms with Gasteiger partial charge in [0.15, 0.2) is 0 Å². The Balaban J connectivity index is 1.42. The van der Waals surface area contributed by atoms with Crippen LogP contribution in [-0.4, -0.2) is 51.7 Å². The number of aromatic nitrogens is 7. The second kappa shape index (κ2) is 7.55. The number of imidazole rings is 1. The van der Waals surface area contributed by atoms with Crippen LogP contribution in [0.5, 0.6) is 0 Å². The second-order valence-electron chi connectivity index (χ2n) is 8.17. The van der Waals surface area contributed by atoms with E-state index in [0.717, 1.165) is 16.3 Å². The van der Waals surface area contributed by atoms with Gasteiger partial charge >= 0.3 is 6.18 Å². The number of aromatic amines is 1. The predicted molar refractivity (Wildman–Crippen MR) is 114 cm³/mol. The van der Waals surface area contributed by atoms with Crippen LogP contribution in [0, 0.1) is 0 Å². The van der Waals surface area contributed by atoms with Gasteiger partial charge in [0.1, 0.15) is 6.04 Å². The highest BCUT2D eigenvalue weighted by atomic mass is 19.4. The summed E-state index contributed by atoms with van der Waals surface area (Å²) in [5.74, 6) is -0.245. The Morgan fingerprint density at radius 1 is 1.26 bits per heavy atom. The molecule has 178 valence electrons. The molecule has 5 aromatic heterocycles. The van der Waals surface area contributed by atoms with Gasteiger partial charge in [-0.2, -0.15) is 23.4 Å². The van der Waals surface area contributed by atoms with E-state index in [1.807, 2.05) is 0 Å². The lowest BCUT2D eigenvalue weighted by molar-refractivity contribution is -0.136. The third-order valence-corrected chi connectivity index (χ3v) is 5.96. The first-order valence-corrected chi connectivity index (χ1v) is 10.6. The molecule has 35 heavy (non-hydrogen) atoms. The van der Waals surface area contributed by atoms with Crippen LogP contribution in [-0.2, 0) is 19.6 Å². The van der Waals surface area contributed by atoms with Gasteiger partial charge in [0.25, 0.3) is 5.91 Å². The molecule has 6 heterocycles. The van der Waals surface area contributed by atoms with Crippen LogP contribution in [0.15, 0.2) is 53.7 Å². The minimum atomic E-state index is -4.55. The molecule has 6 rings (SSSR count). The quantitative estimate of drug-likeness (QED) is 0.423. The summed E-state index contributed by atoms with van der Waals surface area (Å²) >= 11 is 0. The maximum Gasteiger partial charge on any atom is 0.418 e. The average Bonchev–Trinajstić information content (AvgIpc) is 3.62. The van der Waals surface area contributed by atoms with Crippen LogP contribution in [0.4, 0.5) is 13.2 Å². The van der Waals surface area contributed by atoms with E-state index in [1.54, 1.807) is 24.1 Å². The lowest BCUT2D eigenvalue weighted by atomic mass is 9.99. The highest BCUT2D eigenvalue weighted by Crippen LogP contribution is 2.37. The molecule has 5 aromatic rings. The summed E-state index contributed by atoms with van der Waals surface area (Å²) in [6, 6.07) is 2.81. The van der Waals surface area contributed by atoms with Crippen molar-refractivity contribution < 1.29 is 22.4 Å². The number of nitrogens with zero attached hydrogens (tertiary/aromatic N) is 7. The fourth-order valence-electron chi connectivity index (χ4n) is 4.38. The van der Waals surface area contributed by atoms with E-state index >= 15 is 0 Å². The highest BCUT2D eigenvalue weighted by Gasteiger charge is 2.39. The predicted octanol–water partition coefficient (Wildman–Crippen LogP) is 3.25. The normalized spacial score (nSPS) is 16.1. The molecule has 1 atom stereocenters. The molecule has 0 fully saturated rings. The van der Waals surface area contributed by atoms with E-state index < -0.39 is 23.7 Å². The van der Waals surface area contributed by atoms with Crippen molar-refractivity contribution in [3.05, 3.63) is 77.7 Å². The van der Waals surface area contributed by atoms with E-state index in [4.69, 9.17) is 4.42 Å². The minimum absolute atomic E-state index is 0.00687. The summed E-state index contributed by atoms with van der Waals surface area (Å²) < 4.78 is 49.2. The number of halogens is 3. The molecule has 0 aromatic carbocycles. The first-order valence-electron chi connectivity index (χ1n) is 10.6. The molecule has 1 N–H and O–H groups in total. The molecule has 0 saturated heterocycles. The fraction of sp³-hybridized carbons (Fsp3) is 0.227. The number of alkyl halides is 3. The highest BCUT2D eigenvalue weighted by molar-refractivity contribution is 5.92. The zero-order chi connectivity index (χ0) is 24.3. The van der Waals surface area contributed by atoms with Gasteiger partial charge < -0.3 is 14.3 Å². The van der Waals surface area contributed by atoms with E-state index in [9.17, 15) is 18.0 Å². The van der Waals surface area contributed by atoms with E-state index in [2.05, 4.69) is 25.1 Å². The van der Waals surface area contributed by atoms with Crippen molar-refractivity contribution in [3.63, 3.8) is 0 Å². The van der Waals surface area contributed by atoms with Gasteiger partial charge in [-0.1, -0.05) is 0 Å². The maximum atomic E-state index is 13.6. The Kier molecular flexibility index (Phi) is 4.56. The number of hydrogen-bond donors (Lipinski definition) is 1. The molecular formula is C22H17F3N8O2. The number of pyridine rings is 1. The van der Waals surface area contributed by atoms with E-state index in [1.165, 1.54) is 35.8 Å². The second-order valence-corrected chi connectivity index (χ2v) is 8.17. The van der Waals surface area contributed by atoms with Crippen LogP contribution in [0.1, 0.15) is 39.2 Å². The van der Waals surface area contributed by atoms with Gasteiger partial charge in [-0.3, -0.25) is 9.48 Å². The standard InChI is InChI=1S/C22H17F3N8O2/c1-31-10-12(8-29-31)20-26-9-17(35-20)21(34)32-6-4-14-18(28-11-27-14)19(32)15-7-16-13(22(23,24)25)3-2-5-33(16)30-15/h2-3,5,7-11,19H,4,6H2,1H3,(H,27,28). The molecule has 10 nitrogen and oxygen atoms in total. The minimum Gasteiger partial charge on any atom is -0.431 e. The van der Waals surface area contributed by atoms with Crippen molar-refractivity contribution in [2.45, 2.75) is 18.6 Å². The maximum absolute atomic E-state index is 13.6. The van der Waals surface area contributed by atoms with Crippen LogP contribution >= 0.6 is 0 Å². The van der Waals surface area contributed by atoms with Gasteiger partial charge in [-0.05, 0) is 18.2 Å². The molecule has 1 aliphatic heterocycles. The number of oxazole rings is 1. The van der Waals surface area contributed by atoms with Crippen LogP contribution in [0.25, 0.3) is 17.0 Å². The zero-order valence-electron chi connectivity index (χ0n) is 18.2. The summed E-state index contributed by atoms with van der Waals surface area (Å²) in [7, 11) is 1.75. The molecule has 0 aliphatic carbocycles. The topological polar surface area (TPSA) is 110 Å². The number of fused-ring (bicyclic) bond motifs is 2. The van der Waals surface area contributed by atoms with Crippen molar-refractivity contribution >= 4 is 11.4 Å². The third-order valence-electron chi connectivity index (χ3n) is 5.96. The van der Waals surface area contributed by atoms with E-state index in [0.29, 0.717) is 17.7 Å². The van der Waals surface area contributed by atoms with Crippen LogP contribution < -0.4 is 0 Å². The van der Waals surface area contributed by atoms with Crippen molar-refractivity contribution in [2.24, 2.45) is 7.05 Å². The summed E-state index contributed by atoms with van der Waals surface area (Å²) in [5.41, 5.74) is 1.26. The van der Waals surface area contributed by atoms with Gasteiger partial charge in [0.2, 0.25) is 11.7 Å². The summed E-state index contributed by atoms with van der Waals surface area (Å²) in [6.07, 6.45) is 3.46. The fourth-order valence-corrected chi connectivity index (χ4v) is 4.38. The van der Waals surface area contributed by atoms with Crippen LogP contribution in [0.3, 0.4) is 0 Å². The summed E-state index contributed by atoms with van der Waals surface area (Å²) in [5, 5.41) is 8.45. The molecule has 0 radical (unpaired) electrons. The lowest BCUT2D eigenvalue weighted by Crippen LogP contribution is -2.40. The average molecular weight is 482 g/mol. The third kappa shape index (κ3) is 3.47. The number of amides is 1.